The van der Waals surface area contributed by atoms with Gasteiger partial charge < -0.3 is 9.53 Å². The van der Waals surface area contributed by atoms with Crippen LogP contribution in [0.25, 0.3) is 0 Å². The van der Waals surface area contributed by atoms with Crippen molar-refractivity contribution in [2.45, 2.75) is 32.1 Å². The zero-order chi connectivity index (χ0) is 14.5. The first kappa shape index (κ1) is 19.3. The predicted molar refractivity (Wildman–Crippen MR) is 87.1 cm³/mol. The summed E-state index contributed by atoms with van der Waals surface area (Å²) in [7, 11) is 0. The molecule has 4 nitrogen and oxygen atoms in total. The fraction of sp³-hybridized carbons (Fsp3) is 0.438. The van der Waals surface area contributed by atoms with E-state index in [1.165, 1.54) is 0 Å². The van der Waals surface area contributed by atoms with Crippen LogP contribution in [0.4, 0.5) is 0 Å². The first-order valence-electron chi connectivity index (χ1n) is 6.97. The molecule has 1 rings (SSSR count). The summed E-state index contributed by atoms with van der Waals surface area (Å²) in [4.78, 5) is 24.9. The molecular formula is C16H22ClNO3. The Hall–Kier alpha value is -1.68. The van der Waals surface area contributed by atoms with E-state index < -0.39 is 0 Å². The van der Waals surface area contributed by atoms with Gasteiger partial charge in [0.2, 0.25) is 0 Å². The molecule has 0 aliphatic rings. The summed E-state index contributed by atoms with van der Waals surface area (Å²) in [6.45, 7) is 1.24. The van der Waals surface area contributed by atoms with Crippen LogP contribution in [0.1, 0.15) is 42.5 Å². The molecule has 0 saturated carbocycles. The molecule has 0 aliphatic heterocycles. The molecule has 1 aromatic carbocycles. The van der Waals surface area contributed by atoms with Crippen molar-refractivity contribution in [2.24, 2.45) is 4.99 Å². The molecule has 0 spiro atoms. The summed E-state index contributed by atoms with van der Waals surface area (Å²) in [5.74, 6) is 0.732. The van der Waals surface area contributed by atoms with Crippen molar-refractivity contribution in [2.75, 3.05) is 13.2 Å². The number of benzene rings is 1. The molecule has 116 valence electrons. The van der Waals surface area contributed by atoms with Gasteiger partial charge >= 0.3 is 0 Å². The quantitative estimate of drug-likeness (QED) is 0.357. The molecule has 0 atom stereocenters. The van der Waals surface area contributed by atoms with Crippen LogP contribution in [-0.2, 0) is 4.79 Å². The van der Waals surface area contributed by atoms with Crippen molar-refractivity contribution >= 4 is 31.2 Å². The van der Waals surface area contributed by atoms with Crippen LogP contribution in [0.2, 0.25) is 0 Å². The van der Waals surface area contributed by atoms with Gasteiger partial charge in [-0.1, -0.05) is 12.8 Å². The lowest BCUT2D eigenvalue weighted by Gasteiger charge is -2.02. The predicted octanol–water partition coefficient (Wildman–Crippen LogP) is 3.52. The Morgan fingerprint density at radius 1 is 1.00 bits per heavy atom. The maximum Gasteiger partial charge on any atom is 0.150 e. The minimum Gasteiger partial charge on any atom is -0.488 e. The molecule has 0 aliphatic carbocycles. The van der Waals surface area contributed by atoms with E-state index in [2.05, 4.69) is 4.99 Å². The molecule has 0 N–H and O–H groups in total. The fourth-order valence-corrected chi connectivity index (χ4v) is 1.70. The van der Waals surface area contributed by atoms with E-state index in [4.69, 9.17) is 4.74 Å². The second-order valence-corrected chi connectivity index (χ2v) is 4.46. The van der Waals surface area contributed by atoms with Crippen LogP contribution < -0.4 is 4.74 Å². The van der Waals surface area contributed by atoms with Gasteiger partial charge in [0.05, 0.1) is 0 Å². The van der Waals surface area contributed by atoms with Crippen molar-refractivity contribution in [3.05, 3.63) is 29.8 Å². The Labute approximate surface area is 132 Å². The standard InChI is InChI=1S/C16H21NO3.ClH/c18-12-5-3-1-2-4-10-17-11-13-20-16-8-6-15(14-19)7-9-16;/h6-9,11-12,14H,1-5,10,13H2;1H. The third-order valence-corrected chi connectivity index (χ3v) is 2.83. The number of hydrogen-bond acceptors (Lipinski definition) is 4. The topological polar surface area (TPSA) is 55.7 Å². The highest BCUT2D eigenvalue weighted by atomic mass is 35.5. The lowest BCUT2D eigenvalue weighted by atomic mass is 10.1. The Kier molecular flexibility index (Phi) is 12.2. The molecule has 0 bridgehead atoms. The van der Waals surface area contributed by atoms with Gasteiger partial charge in [-0.2, -0.15) is 0 Å². The summed E-state index contributed by atoms with van der Waals surface area (Å²) in [6, 6.07) is 6.98. The number of carbonyl (C=O) groups is 2. The van der Waals surface area contributed by atoms with Gasteiger partial charge in [0.1, 0.15) is 24.9 Å². The first-order chi connectivity index (χ1) is 9.86. The van der Waals surface area contributed by atoms with Gasteiger partial charge in [-0.15, -0.1) is 12.4 Å². The third-order valence-electron chi connectivity index (χ3n) is 2.83. The van der Waals surface area contributed by atoms with Gasteiger partial charge in [-0.3, -0.25) is 9.79 Å². The average molecular weight is 312 g/mol. The summed E-state index contributed by atoms with van der Waals surface area (Å²) in [5.41, 5.74) is 0.639. The summed E-state index contributed by atoms with van der Waals surface area (Å²) < 4.78 is 5.46. The highest BCUT2D eigenvalue weighted by Crippen LogP contribution is 2.10. The third kappa shape index (κ3) is 9.79. The van der Waals surface area contributed by atoms with Crippen LogP contribution in [0.15, 0.2) is 29.3 Å². The first-order valence-corrected chi connectivity index (χ1v) is 6.97. The van der Waals surface area contributed by atoms with Crippen molar-refractivity contribution in [3.63, 3.8) is 0 Å². The number of hydrogen-bond donors (Lipinski definition) is 0. The zero-order valence-electron chi connectivity index (χ0n) is 12.1. The molecule has 5 heteroatoms. The molecular weight excluding hydrogens is 290 g/mol. The Bertz CT molecular complexity index is 418. The van der Waals surface area contributed by atoms with Gasteiger partial charge in [0.25, 0.3) is 0 Å². The number of unbranched alkanes of at least 4 members (excludes halogenated alkanes) is 4. The van der Waals surface area contributed by atoms with E-state index >= 15 is 0 Å². The SMILES string of the molecule is Cl.O=CCCCCCCN=CCOc1ccc(C=O)cc1. The molecule has 0 saturated heterocycles. The van der Waals surface area contributed by atoms with E-state index in [0.29, 0.717) is 18.6 Å². The molecule has 0 radical (unpaired) electrons. The minimum atomic E-state index is 0. The highest BCUT2D eigenvalue weighted by Gasteiger charge is 1.93. The highest BCUT2D eigenvalue weighted by molar-refractivity contribution is 5.85. The van der Waals surface area contributed by atoms with Gasteiger partial charge in [0.15, 0.2) is 0 Å². The Balaban J connectivity index is 0.00000400. The Morgan fingerprint density at radius 3 is 2.38 bits per heavy atom. The number of ether oxygens (including phenoxy) is 1. The van der Waals surface area contributed by atoms with Crippen LogP contribution in [0, 0.1) is 0 Å². The second-order valence-electron chi connectivity index (χ2n) is 4.46. The Morgan fingerprint density at radius 2 is 1.71 bits per heavy atom. The molecule has 21 heavy (non-hydrogen) atoms. The summed E-state index contributed by atoms with van der Waals surface area (Å²) in [5, 5.41) is 0. The van der Waals surface area contributed by atoms with Crippen molar-refractivity contribution in [3.8, 4) is 5.75 Å². The minimum absolute atomic E-state index is 0. The van der Waals surface area contributed by atoms with Crippen molar-refractivity contribution < 1.29 is 14.3 Å². The second kappa shape index (κ2) is 13.3. The fourth-order valence-electron chi connectivity index (χ4n) is 1.70. The maximum atomic E-state index is 10.5. The maximum absolute atomic E-state index is 10.5. The smallest absolute Gasteiger partial charge is 0.150 e. The number of aldehydes is 2. The molecule has 0 fully saturated rings. The van der Waals surface area contributed by atoms with E-state index in [-0.39, 0.29) is 12.4 Å². The molecule has 1 aromatic rings. The van der Waals surface area contributed by atoms with Gasteiger partial charge in [0, 0.05) is 24.7 Å². The van der Waals surface area contributed by atoms with Crippen LogP contribution in [0.3, 0.4) is 0 Å². The number of halogens is 1. The van der Waals surface area contributed by atoms with Gasteiger partial charge in [-0.05, 0) is 37.1 Å². The van der Waals surface area contributed by atoms with Gasteiger partial charge in [-0.25, -0.2) is 0 Å². The summed E-state index contributed by atoms with van der Waals surface area (Å²) in [6.07, 6.45) is 8.43. The molecule has 0 heterocycles. The average Bonchev–Trinajstić information content (AvgIpc) is 2.50. The molecule has 0 amide bonds. The molecule has 0 aromatic heterocycles. The lowest BCUT2D eigenvalue weighted by Crippen LogP contribution is -1.99. The number of rotatable bonds is 11. The van der Waals surface area contributed by atoms with E-state index in [1.54, 1.807) is 30.5 Å². The summed E-state index contributed by atoms with van der Waals surface area (Å²) >= 11 is 0. The number of carbonyl (C=O) groups excluding carboxylic acids is 2. The van der Waals surface area contributed by atoms with Crippen LogP contribution in [-0.4, -0.2) is 31.9 Å². The van der Waals surface area contributed by atoms with E-state index in [1.807, 2.05) is 0 Å². The van der Waals surface area contributed by atoms with Crippen LogP contribution >= 0.6 is 12.4 Å². The normalized spacial score (nSPS) is 10.1. The van der Waals surface area contributed by atoms with Crippen molar-refractivity contribution in [1.29, 1.82) is 0 Å². The van der Waals surface area contributed by atoms with E-state index in [0.717, 1.165) is 50.5 Å². The number of nitrogens with zero attached hydrogens (tertiary/aromatic N) is 1. The largest absolute Gasteiger partial charge is 0.488 e. The monoisotopic (exact) mass is 311 g/mol. The van der Waals surface area contributed by atoms with Crippen molar-refractivity contribution in [1.82, 2.24) is 0 Å². The van der Waals surface area contributed by atoms with Crippen LogP contribution in [0.5, 0.6) is 5.75 Å². The molecule has 0 unspecified atom stereocenters. The lowest BCUT2D eigenvalue weighted by molar-refractivity contribution is -0.107. The van der Waals surface area contributed by atoms with E-state index in [9.17, 15) is 9.59 Å². The zero-order valence-corrected chi connectivity index (χ0v) is 12.9. The number of aliphatic imine (C=N–C) groups is 1.